The molecule has 0 radical (unpaired) electrons. The Morgan fingerprint density at radius 2 is 1.89 bits per heavy atom. The van der Waals surface area contributed by atoms with Gasteiger partial charge in [-0.2, -0.15) is 0 Å². The maximum Gasteiger partial charge on any atom is 0.290 e. The first kappa shape index (κ1) is 25.4. The Bertz CT molecular complexity index is 1340. The first-order valence-corrected chi connectivity index (χ1v) is 12.2. The summed E-state index contributed by atoms with van der Waals surface area (Å²) >= 11 is 6.16. The summed E-state index contributed by atoms with van der Waals surface area (Å²) in [5, 5.41) is 22.0. The van der Waals surface area contributed by atoms with E-state index >= 15 is 0 Å². The summed E-state index contributed by atoms with van der Waals surface area (Å²) in [6.45, 7) is 4.49. The number of unbranched alkanes of at least 4 members (excludes halogenated alkanes) is 2. The van der Waals surface area contributed by atoms with Crippen molar-refractivity contribution in [1.29, 1.82) is 0 Å². The summed E-state index contributed by atoms with van der Waals surface area (Å²) in [7, 11) is 1.46. The number of fused-ring (bicyclic) bond motifs is 1. The zero-order valence-electron chi connectivity index (χ0n) is 20.3. The lowest BCUT2D eigenvalue weighted by Crippen LogP contribution is -2.32. The molecule has 8 nitrogen and oxygen atoms in total. The van der Waals surface area contributed by atoms with E-state index in [2.05, 4.69) is 0 Å². The third-order valence-electron chi connectivity index (χ3n) is 6.14. The Kier molecular flexibility index (Phi) is 7.45. The topological polar surface area (TPSA) is 109 Å². The number of benzene rings is 2. The van der Waals surface area contributed by atoms with Gasteiger partial charge < -0.3 is 29.0 Å². The van der Waals surface area contributed by atoms with Crippen LogP contribution >= 0.6 is 11.6 Å². The van der Waals surface area contributed by atoms with E-state index < -0.39 is 23.5 Å². The molecule has 1 aromatic heterocycles. The van der Waals surface area contributed by atoms with Crippen molar-refractivity contribution in [1.82, 2.24) is 4.90 Å². The smallest absolute Gasteiger partial charge is 0.290 e. The number of carbonyl (C=O) groups is 2. The van der Waals surface area contributed by atoms with Crippen LogP contribution in [0, 0.1) is 0 Å². The quantitative estimate of drug-likeness (QED) is 0.254. The van der Waals surface area contributed by atoms with Gasteiger partial charge in [-0.15, -0.1) is 0 Å². The van der Waals surface area contributed by atoms with Gasteiger partial charge in [0.2, 0.25) is 5.78 Å². The molecule has 2 heterocycles. The van der Waals surface area contributed by atoms with Gasteiger partial charge in [-0.25, -0.2) is 0 Å². The molecule has 4 rings (SSSR count). The normalized spacial score (nSPS) is 15.7. The molecule has 190 valence electrons. The van der Waals surface area contributed by atoms with Crippen LogP contribution in [0.15, 0.2) is 52.1 Å². The Hall–Kier alpha value is -3.65. The van der Waals surface area contributed by atoms with Gasteiger partial charge in [0.1, 0.15) is 0 Å². The minimum Gasteiger partial charge on any atom is -0.504 e. The lowest BCUT2D eigenvalue weighted by molar-refractivity contribution is -0.129. The molecule has 9 heteroatoms. The minimum atomic E-state index is -0.889. The van der Waals surface area contributed by atoms with Gasteiger partial charge in [0, 0.05) is 23.0 Å². The summed E-state index contributed by atoms with van der Waals surface area (Å²) in [6.07, 6.45) is 2.52. The number of amides is 1. The number of furan rings is 1. The summed E-state index contributed by atoms with van der Waals surface area (Å²) in [6, 6.07) is 8.46. The van der Waals surface area contributed by atoms with Crippen LogP contribution in [-0.4, -0.2) is 47.1 Å². The molecule has 0 bridgehead atoms. The molecule has 1 unspecified atom stereocenters. The average Bonchev–Trinajstić information content (AvgIpc) is 3.39. The largest absolute Gasteiger partial charge is 0.504 e. The van der Waals surface area contributed by atoms with Gasteiger partial charge in [0.05, 0.1) is 25.3 Å². The van der Waals surface area contributed by atoms with Gasteiger partial charge in [-0.3, -0.25) is 9.59 Å². The molecule has 1 aliphatic heterocycles. The number of hydrogen-bond donors (Lipinski definition) is 2. The van der Waals surface area contributed by atoms with Gasteiger partial charge >= 0.3 is 0 Å². The van der Waals surface area contributed by atoms with Crippen molar-refractivity contribution in [3.8, 4) is 17.2 Å². The van der Waals surface area contributed by atoms with Crippen molar-refractivity contribution in [2.24, 2.45) is 0 Å². The number of phenolic OH excluding ortho intramolecular Hbond substituents is 1. The summed E-state index contributed by atoms with van der Waals surface area (Å²) < 4.78 is 16.7. The second kappa shape index (κ2) is 10.5. The SMILES string of the molecule is CCCCCN1C(=O)C(O)=C(C(=O)c2cc3cc(Cl)cc(OC)c3o2)C1c1ccc(O)c(OCC)c1. The van der Waals surface area contributed by atoms with E-state index in [-0.39, 0.29) is 22.8 Å². The fraction of sp³-hybridized carbons (Fsp3) is 0.333. The molecular formula is C27H28ClNO7. The van der Waals surface area contributed by atoms with E-state index in [1.165, 1.54) is 24.1 Å². The number of aliphatic hydroxyl groups is 1. The predicted molar refractivity (Wildman–Crippen MR) is 135 cm³/mol. The molecule has 1 atom stereocenters. The number of aliphatic hydroxyl groups excluding tert-OH is 1. The number of carbonyl (C=O) groups excluding carboxylic acids is 2. The van der Waals surface area contributed by atoms with Gasteiger partial charge in [0.15, 0.2) is 34.4 Å². The van der Waals surface area contributed by atoms with E-state index in [0.717, 1.165) is 12.8 Å². The number of Topliss-reactive ketones (excluding diaryl/α,β-unsaturated/α-hetero) is 1. The molecule has 2 aromatic carbocycles. The standard InChI is InChI=1S/C27H28ClNO7/c1-4-6-7-10-29-23(15-8-9-18(30)19(12-15)35-5-2)22(25(32)27(29)33)24(31)20-13-16-11-17(28)14-21(34-3)26(16)36-20/h8-9,11-14,23,30,32H,4-7,10H2,1-3H3. The fourth-order valence-corrected chi connectivity index (χ4v) is 4.67. The monoisotopic (exact) mass is 513 g/mol. The highest BCUT2D eigenvalue weighted by molar-refractivity contribution is 6.31. The van der Waals surface area contributed by atoms with Crippen LogP contribution in [0.2, 0.25) is 5.02 Å². The Labute approximate surface area is 213 Å². The van der Waals surface area contributed by atoms with Crippen molar-refractivity contribution in [3.63, 3.8) is 0 Å². The maximum atomic E-state index is 13.7. The summed E-state index contributed by atoms with van der Waals surface area (Å²) in [5.41, 5.74) is 0.744. The minimum absolute atomic E-state index is 0.0650. The van der Waals surface area contributed by atoms with Gasteiger partial charge in [-0.1, -0.05) is 37.4 Å². The zero-order valence-corrected chi connectivity index (χ0v) is 21.1. The van der Waals surface area contributed by atoms with E-state index in [1.54, 1.807) is 31.2 Å². The van der Waals surface area contributed by atoms with E-state index in [4.69, 9.17) is 25.5 Å². The molecule has 3 aromatic rings. The summed E-state index contributed by atoms with van der Waals surface area (Å²) in [4.78, 5) is 28.4. The van der Waals surface area contributed by atoms with E-state index in [9.17, 15) is 19.8 Å². The van der Waals surface area contributed by atoms with E-state index in [1.807, 2.05) is 6.92 Å². The fourth-order valence-electron chi connectivity index (χ4n) is 4.45. The summed E-state index contributed by atoms with van der Waals surface area (Å²) in [5.74, 6) is -1.45. The van der Waals surface area contributed by atoms with Crippen LogP contribution in [-0.2, 0) is 4.79 Å². The lowest BCUT2D eigenvalue weighted by Gasteiger charge is -2.27. The Morgan fingerprint density at radius 1 is 1.11 bits per heavy atom. The number of ether oxygens (including phenoxy) is 2. The number of hydrogen-bond acceptors (Lipinski definition) is 7. The average molecular weight is 514 g/mol. The first-order valence-electron chi connectivity index (χ1n) is 11.8. The molecule has 2 N–H and O–H groups in total. The van der Waals surface area contributed by atoms with Crippen LogP contribution in [0.1, 0.15) is 55.3 Å². The van der Waals surface area contributed by atoms with Crippen LogP contribution in [0.3, 0.4) is 0 Å². The molecule has 0 saturated heterocycles. The first-order chi connectivity index (χ1) is 17.3. The lowest BCUT2D eigenvalue weighted by atomic mass is 9.94. The molecule has 0 saturated carbocycles. The van der Waals surface area contributed by atoms with Crippen LogP contribution < -0.4 is 9.47 Å². The van der Waals surface area contributed by atoms with E-state index in [0.29, 0.717) is 46.9 Å². The number of halogens is 1. The highest BCUT2D eigenvalue weighted by Crippen LogP contribution is 2.42. The van der Waals surface area contributed by atoms with Crippen LogP contribution in [0.5, 0.6) is 17.2 Å². The highest BCUT2D eigenvalue weighted by Gasteiger charge is 2.44. The number of rotatable bonds is 10. The molecule has 0 fully saturated rings. The number of phenols is 1. The predicted octanol–water partition coefficient (Wildman–Crippen LogP) is 5.97. The molecule has 0 spiro atoms. The van der Waals surface area contributed by atoms with Crippen LogP contribution in [0.4, 0.5) is 0 Å². The number of methoxy groups -OCH3 is 1. The number of ketones is 1. The van der Waals surface area contributed by atoms with Crippen molar-refractivity contribution < 1.29 is 33.7 Å². The van der Waals surface area contributed by atoms with Crippen molar-refractivity contribution in [3.05, 3.63) is 64.1 Å². The maximum absolute atomic E-state index is 13.7. The molecular weight excluding hydrogens is 486 g/mol. The number of aromatic hydroxyl groups is 1. The molecule has 1 amide bonds. The molecule has 36 heavy (non-hydrogen) atoms. The number of nitrogens with zero attached hydrogens (tertiary/aromatic N) is 1. The third kappa shape index (κ3) is 4.60. The molecule has 1 aliphatic rings. The van der Waals surface area contributed by atoms with Gasteiger partial charge in [-0.05, 0) is 43.2 Å². The highest BCUT2D eigenvalue weighted by atomic mass is 35.5. The van der Waals surface area contributed by atoms with Crippen molar-refractivity contribution >= 4 is 34.3 Å². The Balaban J connectivity index is 1.82. The van der Waals surface area contributed by atoms with Crippen molar-refractivity contribution in [2.45, 2.75) is 39.2 Å². The molecule has 0 aliphatic carbocycles. The van der Waals surface area contributed by atoms with Crippen LogP contribution in [0.25, 0.3) is 11.0 Å². The third-order valence-corrected chi connectivity index (χ3v) is 6.36. The Morgan fingerprint density at radius 3 is 2.58 bits per heavy atom. The van der Waals surface area contributed by atoms with Gasteiger partial charge in [0.25, 0.3) is 5.91 Å². The van der Waals surface area contributed by atoms with Crippen molar-refractivity contribution in [2.75, 3.05) is 20.3 Å². The zero-order chi connectivity index (χ0) is 26.0. The second-order valence-electron chi connectivity index (χ2n) is 8.50. The second-order valence-corrected chi connectivity index (χ2v) is 8.93.